The number of aromatic nitrogens is 2. The van der Waals surface area contributed by atoms with Gasteiger partial charge in [-0.25, -0.2) is 4.98 Å². The first-order valence-corrected chi connectivity index (χ1v) is 8.79. The van der Waals surface area contributed by atoms with E-state index >= 15 is 0 Å². The summed E-state index contributed by atoms with van der Waals surface area (Å²) in [6, 6.07) is 0. The molecule has 0 spiro atoms. The number of H-pyrrole nitrogens is 1. The molecule has 0 fully saturated rings. The van der Waals surface area contributed by atoms with Gasteiger partial charge in [0.2, 0.25) is 5.91 Å². The van der Waals surface area contributed by atoms with Crippen LogP contribution in [-0.4, -0.2) is 22.4 Å². The number of rotatable bonds is 5. The third-order valence-electron chi connectivity index (χ3n) is 4.29. The van der Waals surface area contributed by atoms with Crippen molar-refractivity contribution >= 4 is 27.5 Å². The van der Waals surface area contributed by atoms with Crippen LogP contribution in [0.5, 0.6) is 0 Å². The summed E-state index contributed by atoms with van der Waals surface area (Å²) in [5, 5.41) is 3.59. The summed E-state index contributed by atoms with van der Waals surface area (Å²) in [6.07, 6.45) is 6.48. The fourth-order valence-electron chi connectivity index (χ4n) is 2.90. The lowest BCUT2D eigenvalue weighted by Crippen LogP contribution is -2.26. The molecule has 1 aliphatic rings. The predicted octanol–water partition coefficient (Wildman–Crippen LogP) is 2.76. The van der Waals surface area contributed by atoms with E-state index in [2.05, 4.69) is 21.4 Å². The minimum Gasteiger partial charge on any atom is -0.355 e. The Labute approximate surface area is 138 Å². The molecule has 122 valence electrons. The summed E-state index contributed by atoms with van der Waals surface area (Å²) in [5.41, 5.74) is 2.15. The third-order valence-corrected chi connectivity index (χ3v) is 5.40. The maximum Gasteiger partial charge on any atom is 0.259 e. The molecule has 1 aliphatic carbocycles. The first-order chi connectivity index (χ1) is 11.0. The van der Waals surface area contributed by atoms with Gasteiger partial charge in [-0.2, -0.15) is 0 Å². The largest absolute Gasteiger partial charge is 0.355 e. The molecule has 0 unspecified atom stereocenters. The minimum atomic E-state index is -0.0886. The summed E-state index contributed by atoms with van der Waals surface area (Å²) in [4.78, 5) is 33.3. The van der Waals surface area contributed by atoms with Crippen LogP contribution in [0.3, 0.4) is 0 Å². The standard InChI is InChI=1S/C17H21N3O2S/c1-10-11(2)23-17-15(10)16(22)19-13(20-17)7-8-18-14(21)9-12-5-3-4-6-12/h5H,3-4,6-9H2,1-2H3,(H,18,21)(H,19,20,22). The number of aromatic amines is 1. The molecule has 2 N–H and O–H groups in total. The molecule has 3 rings (SSSR count). The van der Waals surface area contributed by atoms with Gasteiger partial charge in [0.25, 0.3) is 5.56 Å². The molecule has 0 aliphatic heterocycles. The van der Waals surface area contributed by atoms with Gasteiger partial charge in [0.1, 0.15) is 10.7 Å². The number of hydrogen-bond acceptors (Lipinski definition) is 4. The van der Waals surface area contributed by atoms with E-state index in [0.29, 0.717) is 30.6 Å². The molecular weight excluding hydrogens is 310 g/mol. The van der Waals surface area contributed by atoms with Crippen molar-refractivity contribution in [2.75, 3.05) is 6.54 Å². The van der Waals surface area contributed by atoms with Gasteiger partial charge in [0.05, 0.1) is 5.39 Å². The Kier molecular flexibility index (Phi) is 4.61. The lowest BCUT2D eigenvalue weighted by atomic mass is 10.1. The number of thiophene rings is 1. The second-order valence-electron chi connectivity index (χ2n) is 6.01. The number of allylic oxidation sites excluding steroid dienone is 1. The summed E-state index contributed by atoms with van der Waals surface area (Å²) in [5.74, 6) is 0.675. The van der Waals surface area contributed by atoms with E-state index in [4.69, 9.17) is 0 Å². The van der Waals surface area contributed by atoms with Gasteiger partial charge in [0.15, 0.2) is 0 Å². The molecule has 23 heavy (non-hydrogen) atoms. The summed E-state index contributed by atoms with van der Waals surface area (Å²) >= 11 is 1.54. The Morgan fingerprint density at radius 1 is 1.43 bits per heavy atom. The fourth-order valence-corrected chi connectivity index (χ4v) is 3.95. The number of amides is 1. The van der Waals surface area contributed by atoms with E-state index in [1.54, 1.807) is 11.3 Å². The third kappa shape index (κ3) is 3.52. The molecule has 2 aromatic rings. The molecule has 6 heteroatoms. The maximum atomic E-state index is 12.2. The number of aryl methyl sites for hydroxylation is 2. The summed E-state index contributed by atoms with van der Waals surface area (Å²) in [7, 11) is 0. The normalized spacial score (nSPS) is 14.3. The molecule has 0 radical (unpaired) electrons. The monoisotopic (exact) mass is 331 g/mol. The van der Waals surface area contributed by atoms with E-state index in [0.717, 1.165) is 34.5 Å². The molecule has 0 saturated heterocycles. The van der Waals surface area contributed by atoms with Crippen molar-refractivity contribution < 1.29 is 4.79 Å². The van der Waals surface area contributed by atoms with Crippen LogP contribution >= 0.6 is 11.3 Å². The zero-order valence-corrected chi connectivity index (χ0v) is 14.3. The van der Waals surface area contributed by atoms with Crippen LogP contribution in [0, 0.1) is 13.8 Å². The van der Waals surface area contributed by atoms with E-state index < -0.39 is 0 Å². The number of hydrogen-bond donors (Lipinski definition) is 2. The lowest BCUT2D eigenvalue weighted by molar-refractivity contribution is -0.120. The van der Waals surface area contributed by atoms with Gasteiger partial charge in [-0.05, 0) is 38.7 Å². The van der Waals surface area contributed by atoms with Crippen molar-refractivity contribution in [3.8, 4) is 0 Å². The molecule has 2 heterocycles. The Bertz CT molecular complexity index is 832. The maximum absolute atomic E-state index is 12.2. The zero-order chi connectivity index (χ0) is 16.4. The van der Waals surface area contributed by atoms with Gasteiger partial charge in [-0.15, -0.1) is 11.3 Å². The van der Waals surface area contributed by atoms with Crippen molar-refractivity contribution in [1.82, 2.24) is 15.3 Å². The number of carbonyl (C=O) groups excluding carboxylic acids is 1. The highest BCUT2D eigenvalue weighted by Crippen LogP contribution is 2.25. The number of nitrogens with zero attached hydrogens (tertiary/aromatic N) is 1. The fraction of sp³-hybridized carbons (Fsp3) is 0.471. The number of fused-ring (bicyclic) bond motifs is 1. The van der Waals surface area contributed by atoms with Crippen LogP contribution in [0.15, 0.2) is 16.4 Å². The van der Waals surface area contributed by atoms with E-state index in [1.165, 1.54) is 5.57 Å². The van der Waals surface area contributed by atoms with Gasteiger partial charge in [-0.3, -0.25) is 9.59 Å². The highest BCUT2D eigenvalue weighted by molar-refractivity contribution is 7.18. The Balaban J connectivity index is 1.61. The molecule has 0 bridgehead atoms. The van der Waals surface area contributed by atoms with Crippen LogP contribution in [0.1, 0.15) is 41.9 Å². The minimum absolute atomic E-state index is 0.0457. The molecular formula is C17H21N3O2S. The van der Waals surface area contributed by atoms with Crippen molar-refractivity contribution in [3.05, 3.63) is 38.3 Å². The van der Waals surface area contributed by atoms with Crippen LogP contribution < -0.4 is 10.9 Å². The first kappa shape index (κ1) is 15.9. The van der Waals surface area contributed by atoms with Crippen LogP contribution in [0.4, 0.5) is 0 Å². The van der Waals surface area contributed by atoms with Gasteiger partial charge >= 0.3 is 0 Å². The topological polar surface area (TPSA) is 74.8 Å². The Morgan fingerprint density at radius 2 is 2.26 bits per heavy atom. The lowest BCUT2D eigenvalue weighted by Gasteiger charge is -2.05. The van der Waals surface area contributed by atoms with Crippen LogP contribution in [0.25, 0.3) is 10.2 Å². The van der Waals surface area contributed by atoms with Gasteiger partial charge in [0, 0.05) is 24.3 Å². The molecule has 1 amide bonds. The highest BCUT2D eigenvalue weighted by atomic mass is 32.1. The second-order valence-corrected chi connectivity index (χ2v) is 7.21. The molecule has 0 aromatic carbocycles. The zero-order valence-electron chi connectivity index (χ0n) is 13.5. The molecule has 5 nitrogen and oxygen atoms in total. The molecule has 2 aromatic heterocycles. The smallest absolute Gasteiger partial charge is 0.259 e. The Morgan fingerprint density at radius 3 is 3.00 bits per heavy atom. The molecule has 0 saturated carbocycles. The molecule has 0 atom stereocenters. The highest BCUT2D eigenvalue weighted by Gasteiger charge is 2.12. The second kappa shape index (κ2) is 6.66. The van der Waals surface area contributed by atoms with Crippen molar-refractivity contribution in [3.63, 3.8) is 0 Å². The van der Waals surface area contributed by atoms with Gasteiger partial charge in [-0.1, -0.05) is 11.6 Å². The van der Waals surface area contributed by atoms with Crippen LogP contribution in [0.2, 0.25) is 0 Å². The van der Waals surface area contributed by atoms with Gasteiger partial charge < -0.3 is 10.3 Å². The van der Waals surface area contributed by atoms with Crippen molar-refractivity contribution in [1.29, 1.82) is 0 Å². The van der Waals surface area contributed by atoms with Crippen molar-refractivity contribution in [2.24, 2.45) is 0 Å². The SMILES string of the molecule is Cc1sc2nc(CCNC(=O)CC3=CCCC3)[nH]c(=O)c2c1C. The number of carbonyl (C=O) groups is 1. The summed E-state index contributed by atoms with van der Waals surface area (Å²) in [6.45, 7) is 4.44. The average Bonchev–Trinajstić information content (AvgIpc) is 3.08. The quantitative estimate of drug-likeness (QED) is 0.827. The van der Waals surface area contributed by atoms with E-state index in [9.17, 15) is 9.59 Å². The number of nitrogens with one attached hydrogen (secondary N) is 2. The van der Waals surface area contributed by atoms with E-state index in [-0.39, 0.29) is 11.5 Å². The van der Waals surface area contributed by atoms with Crippen molar-refractivity contribution in [2.45, 2.75) is 46.0 Å². The van der Waals surface area contributed by atoms with Crippen LogP contribution in [-0.2, 0) is 11.2 Å². The van der Waals surface area contributed by atoms with E-state index in [1.807, 2.05) is 13.8 Å². The first-order valence-electron chi connectivity index (χ1n) is 7.98. The summed E-state index contributed by atoms with van der Waals surface area (Å²) < 4.78 is 0. The average molecular weight is 331 g/mol. The Hall–Kier alpha value is -1.95. The predicted molar refractivity (Wildman–Crippen MR) is 93.0 cm³/mol.